The highest BCUT2D eigenvalue weighted by Crippen LogP contribution is 2.27. The molecule has 9 heteroatoms. The Bertz CT molecular complexity index is 1360. The molecule has 3 rings (SSSR count). The van der Waals surface area contributed by atoms with Gasteiger partial charge in [0.2, 0.25) is 11.8 Å². The summed E-state index contributed by atoms with van der Waals surface area (Å²) in [5, 5.41) is 2.97. The Morgan fingerprint density at radius 2 is 1.54 bits per heavy atom. The molecule has 0 radical (unpaired) electrons. The Hall–Kier alpha value is -3.85. The zero-order valence-electron chi connectivity index (χ0n) is 23.1. The lowest BCUT2D eigenvalue weighted by molar-refractivity contribution is -0.141. The van der Waals surface area contributed by atoms with Crippen LogP contribution >= 0.6 is 0 Å². The highest BCUT2D eigenvalue weighted by Gasteiger charge is 2.34. The lowest BCUT2D eigenvalue weighted by Gasteiger charge is -2.34. The summed E-state index contributed by atoms with van der Waals surface area (Å²) in [6.07, 6.45) is 0.352. The third-order valence-corrected chi connectivity index (χ3v) is 7.82. The molecule has 0 saturated carbocycles. The Kier molecular flexibility index (Phi) is 9.75. The highest BCUT2D eigenvalue weighted by molar-refractivity contribution is 7.92. The molecule has 3 aromatic carbocycles. The summed E-state index contributed by atoms with van der Waals surface area (Å²) in [6, 6.07) is 23.0. The van der Waals surface area contributed by atoms with E-state index in [9.17, 15) is 18.0 Å². The Balaban J connectivity index is 2.06. The van der Waals surface area contributed by atoms with Gasteiger partial charge in [0, 0.05) is 18.2 Å². The summed E-state index contributed by atoms with van der Waals surface area (Å²) in [6.45, 7) is 7.09. The van der Waals surface area contributed by atoms with Gasteiger partial charge in [-0.1, -0.05) is 61.5 Å². The van der Waals surface area contributed by atoms with Crippen molar-refractivity contribution >= 4 is 27.5 Å². The molecule has 0 aliphatic rings. The molecular formula is C30H37N3O5S. The second kappa shape index (κ2) is 12.8. The number of nitrogens with zero attached hydrogens (tertiary/aromatic N) is 2. The topological polar surface area (TPSA) is 96.0 Å². The molecule has 2 amide bonds. The number of methoxy groups -OCH3 is 1. The van der Waals surface area contributed by atoms with Crippen molar-refractivity contribution in [3.05, 3.63) is 90.5 Å². The van der Waals surface area contributed by atoms with Crippen LogP contribution in [0.4, 0.5) is 5.69 Å². The minimum Gasteiger partial charge on any atom is -0.497 e. The number of hydrogen-bond donors (Lipinski definition) is 1. The number of hydrogen-bond acceptors (Lipinski definition) is 5. The van der Waals surface area contributed by atoms with E-state index in [1.807, 2.05) is 58.0 Å². The third kappa shape index (κ3) is 7.83. The molecule has 0 saturated heterocycles. The van der Waals surface area contributed by atoms with Gasteiger partial charge in [-0.3, -0.25) is 13.9 Å². The van der Waals surface area contributed by atoms with Crippen LogP contribution in [-0.2, 0) is 26.2 Å². The molecule has 8 nitrogen and oxygen atoms in total. The van der Waals surface area contributed by atoms with Crippen molar-refractivity contribution in [3.8, 4) is 5.75 Å². The Morgan fingerprint density at radius 1 is 0.923 bits per heavy atom. The van der Waals surface area contributed by atoms with Crippen molar-refractivity contribution < 1.29 is 22.7 Å². The number of sulfonamides is 1. The normalized spacial score (nSPS) is 12.3. The molecular weight excluding hydrogens is 514 g/mol. The van der Waals surface area contributed by atoms with Crippen LogP contribution in [-0.4, -0.2) is 50.4 Å². The molecule has 3 aromatic rings. The molecule has 0 heterocycles. The van der Waals surface area contributed by atoms with Gasteiger partial charge in [-0.15, -0.1) is 0 Å². The SMILES string of the molecule is CC[C@H](C(=O)NC(C)(C)C)N(Cc1ccccc1)C(=O)CN(c1cccc(OC)c1)S(=O)(=O)c1ccccc1. The predicted octanol–water partition coefficient (Wildman–Crippen LogP) is 4.61. The molecule has 1 N–H and O–H groups in total. The first kappa shape index (κ1) is 29.7. The van der Waals surface area contributed by atoms with Crippen molar-refractivity contribution in [2.45, 2.75) is 57.1 Å². The number of carbonyl (C=O) groups excluding carboxylic acids is 2. The average Bonchev–Trinajstić information content (AvgIpc) is 2.91. The van der Waals surface area contributed by atoms with Crippen molar-refractivity contribution in [2.24, 2.45) is 0 Å². The number of ether oxygens (including phenoxy) is 1. The maximum atomic E-state index is 14.0. The summed E-state index contributed by atoms with van der Waals surface area (Å²) < 4.78 is 34.1. The third-order valence-electron chi connectivity index (χ3n) is 6.03. The average molecular weight is 552 g/mol. The largest absolute Gasteiger partial charge is 0.497 e. The first-order valence-corrected chi connectivity index (χ1v) is 14.3. The van der Waals surface area contributed by atoms with E-state index >= 15 is 0 Å². The lowest BCUT2D eigenvalue weighted by atomic mass is 10.1. The van der Waals surface area contributed by atoms with Gasteiger partial charge in [0.15, 0.2) is 0 Å². The lowest BCUT2D eigenvalue weighted by Crippen LogP contribution is -2.55. The second-order valence-corrected chi connectivity index (χ2v) is 12.1. The van der Waals surface area contributed by atoms with Gasteiger partial charge >= 0.3 is 0 Å². The van der Waals surface area contributed by atoms with Gasteiger partial charge in [-0.2, -0.15) is 0 Å². The van der Waals surface area contributed by atoms with Gasteiger partial charge in [0.05, 0.1) is 17.7 Å². The fraction of sp³-hybridized carbons (Fsp3) is 0.333. The monoisotopic (exact) mass is 551 g/mol. The standard InChI is InChI=1S/C30H37N3O5S/c1-6-27(29(35)31-30(2,3)4)32(21-23-14-9-7-10-15-23)28(34)22-33(24-16-13-17-25(20-24)38-5)39(36,37)26-18-11-8-12-19-26/h7-20,27H,6,21-22H2,1-5H3,(H,31,35)/t27-/m1/s1. The van der Waals surface area contributed by atoms with Crippen LogP contribution in [0.1, 0.15) is 39.7 Å². The van der Waals surface area contributed by atoms with Crippen LogP contribution in [0.5, 0.6) is 5.75 Å². The molecule has 0 aliphatic carbocycles. The first-order valence-electron chi connectivity index (χ1n) is 12.8. The summed E-state index contributed by atoms with van der Waals surface area (Å²) in [4.78, 5) is 28.9. The molecule has 208 valence electrons. The quantitative estimate of drug-likeness (QED) is 0.375. The van der Waals surface area contributed by atoms with E-state index in [-0.39, 0.29) is 23.0 Å². The fourth-order valence-corrected chi connectivity index (χ4v) is 5.59. The maximum absolute atomic E-state index is 14.0. The van der Waals surface area contributed by atoms with Gasteiger partial charge in [-0.25, -0.2) is 8.42 Å². The minimum atomic E-state index is -4.13. The molecule has 0 aliphatic heterocycles. The number of rotatable bonds is 11. The molecule has 0 spiro atoms. The van der Waals surface area contributed by atoms with Crippen molar-refractivity contribution in [2.75, 3.05) is 18.0 Å². The van der Waals surface area contributed by atoms with E-state index in [1.54, 1.807) is 42.5 Å². The van der Waals surface area contributed by atoms with E-state index in [4.69, 9.17) is 4.74 Å². The highest BCUT2D eigenvalue weighted by atomic mass is 32.2. The zero-order chi connectivity index (χ0) is 28.6. The predicted molar refractivity (Wildman–Crippen MR) is 153 cm³/mol. The van der Waals surface area contributed by atoms with Crippen LogP contribution in [0.3, 0.4) is 0 Å². The van der Waals surface area contributed by atoms with Crippen LogP contribution < -0.4 is 14.4 Å². The van der Waals surface area contributed by atoms with E-state index in [0.717, 1.165) is 9.87 Å². The maximum Gasteiger partial charge on any atom is 0.264 e. The molecule has 1 atom stereocenters. The number of nitrogens with one attached hydrogen (secondary N) is 1. The van der Waals surface area contributed by atoms with Gasteiger partial charge in [0.25, 0.3) is 10.0 Å². The van der Waals surface area contributed by atoms with E-state index < -0.39 is 34.1 Å². The van der Waals surface area contributed by atoms with Gasteiger partial charge in [-0.05, 0) is 57.0 Å². The Labute approximate surface area is 231 Å². The van der Waals surface area contributed by atoms with Gasteiger partial charge in [0.1, 0.15) is 18.3 Å². The van der Waals surface area contributed by atoms with Crippen molar-refractivity contribution in [1.29, 1.82) is 0 Å². The summed E-state index contributed by atoms with van der Waals surface area (Å²) in [5.74, 6) is -0.351. The van der Waals surface area contributed by atoms with Crippen molar-refractivity contribution in [3.63, 3.8) is 0 Å². The fourth-order valence-electron chi connectivity index (χ4n) is 4.17. The van der Waals surface area contributed by atoms with Gasteiger partial charge < -0.3 is 15.0 Å². The minimum absolute atomic E-state index is 0.0488. The summed E-state index contributed by atoms with van der Waals surface area (Å²) >= 11 is 0. The van der Waals surface area contributed by atoms with E-state index in [2.05, 4.69) is 5.32 Å². The second-order valence-electron chi connectivity index (χ2n) is 10.2. The number of anilines is 1. The zero-order valence-corrected chi connectivity index (χ0v) is 23.9. The van der Waals surface area contributed by atoms with Crippen LogP contribution in [0.15, 0.2) is 89.8 Å². The van der Waals surface area contributed by atoms with Crippen LogP contribution in [0.25, 0.3) is 0 Å². The summed E-state index contributed by atoms with van der Waals surface area (Å²) in [7, 11) is -2.64. The Morgan fingerprint density at radius 3 is 2.10 bits per heavy atom. The number of amides is 2. The first-order chi connectivity index (χ1) is 18.5. The smallest absolute Gasteiger partial charge is 0.264 e. The van der Waals surface area contributed by atoms with E-state index in [0.29, 0.717) is 12.2 Å². The van der Waals surface area contributed by atoms with Crippen molar-refractivity contribution in [1.82, 2.24) is 10.2 Å². The van der Waals surface area contributed by atoms with Crippen LogP contribution in [0, 0.1) is 0 Å². The summed E-state index contributed by atoms with van der Waals surface area (Å²) in [5.41, 5.74) is 0.597. The molecule has 0 aromatic heterocycles. The number of carbonyl (C=O) groups is 2. The molecule has 0 unspecified atom stereocenters. The van der Waals surface area contributed by atoms with Crippen LogP contribution in [0.2, 0.25) is 0 Å². The molecule has 0 fully saturated rings. The molecule has 39 heavy (non-hydrogen) atoms. The molecule has 0 bridgehead atoms. The van der Waals surface area contributed by atoms with E-state index in [1.165, 1.54) is 24.1 Å². The number of benzene rings is 3.